The molecule has 0 aliphatic carbocycles. The third kappa shape index (κ3) is 5.43. The maximum absolute atomic E-state index is 13.2. The Bertz CT molecular complexity index is 1520. The van der Waals surface area contributed by atoms with Crippen molar-refractivity contribution in [1.82, 2.24) is 8.87 Å². The molecule has 1 aromatic heterocycles. The number of benzene rings is 3. The molecule has 7 nitrogen and oxygen atoms in total. The van der Waals surface area contributed by atoms with E-state index in [1.807, 2.05) is 60.0 Å². The second-order valence-corrected chi connectivity index (χ2v) is 11.2. The van der Waals surface area contributed by atoms with Crippen LogP contribution in [0.3, 0.4) is 0 Å². The summed E-state index contributed by atoms with van der Waals surface area (Å²) in [6.07, 6.45) is 0.883. The number of carbonyl (C=O) groups excluding carboxylic acids is 1. The molecule has 0 aliphatic heterocycles. The van der Waals surface area contributed by atoms with Gasteiger partial charge < -0.3 is 9.30 Å². The van der Waals surface area contributed by atoms with Crippen molar-refractivity contribution < 1.29 is 17.9 Å². The lowest BCUT2D eigenvalue weighted by Crippen LogP contribution is -2.30. The molecule has 0 aliphatic rings. The average Bonchev–Trinajstić information content (AvgIpc) is 3.23. The molecular formula is C27H29N3O4S2. The molecule has 0 bridgehead atoms. The highest BCUT2D eigenvalue weighted by Gasteiger charge is 2.23. The van der Waals surface area contributed by atoms with Gasteiger partial charge in [-0.3, -0.25) is 4.79 Å². The predicted octanol–water partition coefficient (Wildman–Crippen LogP) is 5.07. The van der Waals surface area contributed by atoms with Gasteiger partial charge in [-0.25, -0.2) is 8.42 Å². The lowest BCUT2D eigenvalue weighted by Gasteiger charge is -2.20. The molecule has 1 heterocycles. The molecule has 0 unspecified atom stereocenters. The summed E-state index contributed by atoms with van der Waals surface area (Å²) in [5, 5.41) is 0. The van der Waals surface area contributed by atoms with Crippen LogP contribution in [0.25, 0.3) is 10.2 Å². The van der Waals surface area contributed by atoms with Crippen LogP contribution >= 0.6 is 11.3 Å². The van der Waals surface area contributed by atoms with Gasteiger partial charge >= 0.3 is 0 Å². The van der Waals surface area contributed by atoms with E-state index in [0.717, 1.165) is 28.0 Å². The van der Waals surface area contributed by atoms with Gasteiger partial charge in [-0.1, -0.05) is 55.5 Å². The number of carbonyl (C=O) groups is 1. The van der Waals surface area contributed by atoms with Gasteiger partial charge in [0.1, 0.15) is 5.75 Å². The van der Waals surface area contributed by atoms with Gasteiger partial charge in [0.2, 0.25) is 10.0 Å². The monoisotopic (exact) mass is 523 g/mol. The molecule has 3 aromatic carbocycles. The molecule has 0 fully saturated rings. The third-order valence-corrected chi connectivity index (χ3v) is 8.82. The first-order valence-corrected chi connectivity index (χ1v) is 14.0. The molecule has 0 saturated carbocycles. The summed E-state index contributed by atoms with van der Waals surface area (Å²) in [6, 6.07) is 21.3. The van der Waals surface area contributed by atoms with Crippen molar-refractivity contribution in [2.75, 3.05) is 13.7 Å². The van der Waals surface area contributed by atoms with Crippen molar-refractivity contribution in [2.45, 2.75) is 38.3 Å². The Kier molecular flexibility index (Phi) is 8.03. The van der Waals surface area contributed by atoms with Gasteiger partial charge in [0.05, 0.1) is 22.2 Å². The highest BCUT2D eigenvalue weighted by atomic mass is 32.2. The number of nitrogens with zero attached hydrogens (tertiary/aromatic N) is 3. The van der Waals surface area contributed by atoms with E-state index in [-0.39, 0.29) is 11.4 Å². The number of methoxy groups -OCH3 is 1. The first-order chi connectivity index (χ1) is 17.4. The molecule has 4 rings (SSSR count). The summed E-state index contributed by atoms with van der Waals surface area (Å²) >= 11 is 1.44. The summed E-state index contributed by atoms with van der Waals surface area (Å²) < 4.78 is 36.2. The van der Waals surface area contributed by atoms with E-state index < -0.39 is 15.9 Å². The Morgan fingerprint density at radius 2 is 1.75 bits per heavy atom. The number of fused-ring (bicyclic) bond motifs is 1. The number of thiazole rings is 1. The standard InChI is InChI=1S/C27H29N3O4S2/c1-4-17-30-24-18-22(34-3)13-16-25(24)35-27(30)28-26(31)21-11-14-23(15-12-21)36(32,33)29(5-2)19-20-9-7-6-8-10-20/h6-16,18H,4-5,17,19H2,1-3H3. The Morgan fingerprint density at radius 3 is 2.39 bits per heavy atom. The highest BCUT2D eigenvalue weighted by Crippen LogP contribution is 2.24. The number of aromatic nitrogens is 1. The first kappa shape index (κ1) is 25.8. The molecule has 0 saturated heterocycles. The van der Waals surface area contributed by atoms with E-state index in [2.05, 4.69) is 11.9 Å². The molecule has 0 spiro atoms. The zero-order valence-corrected chi connectivity index (χ0v) is 22.2. The minimum atomic E-state index is -3.71. The number of hydrogen-bond acceptors (Lipinski definition) is 5. The Hall–Kier alpha value is -3.27. The highest BCUT2D eigenvalue weighted by molar-refractivity contribution is 7.89. The minimum Gasteiger partial charge on any atom is -0.497 e. The molecule has 36 heavy (non-hydrogen) atoms. The summed E-state index contributed by atoms with van der Waals surface area (Å²) in [5.41, 5.74) is 2.21. The summed E-state index contributed by atoms with van der Waals surface area (Å²) in [7, 11) is -2.09. The number of amides is 1. The summed E-state index contributed by atoms with van der Waals surface area (Å²) in [4.78, 5) is 18.1. The molecule has 4 aromatic rings. The summed E-state index contributed by atoms with van der Waals surface area (Å²) in [5.74, 6) is 0.326. The zero-order valence-electron chi connectivity index (χ0n) is 20.5. The largest absolute Gasteiger partial charge is 0.497 e. The number of aryl methyl sites for hydroxylation is 1. The lowest BCUT2D eigenvalue weighted by atomic mass is 10.2. The topological polar surface area (TPSA) is 81.0 Å². The number of rotatable bonds is 9. The van der Waals surface area contributed by atoms with E-state index in [1.54, 1.807) is 7.11 Å². The van der Waals surface area contributed by atoms with Crippen LogP contribution in [0.15, 0.2) is 82.7 Å². The maximum Gasteiger partial charge on any atom is 0.279 e. The maximum atomic E-state index is 13.2. The van der Waals surface area contributed by atoms with Gasteiger partial charge in [0, 0.05) is 31.3 Å². The van der Waals surface area contributed by atoms with E-state index >= 15 is 0 Å². The number of ether oxygens (including phenoxy) is 1. The fraction of sp³-hybridized carbons (Fsp3) is 0.259. The van der Waals surface area contributed by atoms with E-state index in [9.17, 15) is 13.2 Å². The Labute approximate surface area is 215 Å². The van der Waals surface area contributed by atoms with E-state index in [0.29, 0.717) is 23.5 Å². The van der Waals surface area contributed by atoms with Gasteiger partial charge in [-0.2, -0.15) is 9.30 Å². The Morgan fingerprint density at radius 1 is 1.03 bits per heavy atom. The van der Waals surface area contributed by atoms with Crippen molar-refractivity contribution in [3.63, 3.8) is 0 Å². The molecule has 1 amide bonds. The second-order valence-electron chi connectivity index (χ2n) is 8.23. The van der Waals surface area contributed by atoms with Crippen molar-refractivity contribution in [1.29, 1.82) is 0 Å². The average molecular weight is 524 g/mol. The SMILES string of the molecule is CCCn1c(=NC(=O)c2ccc(S(=O)(=O)N(CC)Cc3ccccc3)cc2)sc2ccc(OC)cc21. The van der Waals surface area contributed by atoms with Crippen molar-refractivity contribution in [3.05, 3.63) is 88.7 Å². The van der Waals surface area contributed by atoms with E-state index in [1.165, 1.54) is 39.9 Å². The van der Waals surface area contributed by atoms with Crippen LogP contribution in [0.1, 0.15) is 36.2 Å². The smallest absolute Gasteiger partial charge is 0.279 e. The fourth-order valence-corrected chi connectivity index (χ4v) is 6.40. The zero-order chi connectivity index (χ0) is 25.7. The second kappa shape index (κ2) is 11.2. The fourth-order valence-electron chi connectivity index (χ4n) is 3.92. The molecule has 188 valence electrons. The van der Waals surface area contributed by atoms with Gasteiger partial charge in [-0.15, -0.1) is 0 Å². The quantitative estimate of drug-likeness (QED) is 0.307. The molecule has 9 heteroatoms. The molecule has 0 N–H and O–H groups in total. The van der Waals surface area contributed by atoms with Crippen molar-refractivity contribution in [3.8, 4) is 5.75 Å². The van der Waals surface area contributed by atoms with Gasteiger partial charge in [0.25, 0.3) is 5.91 Å². The molecule has 0 radical (unpaired) electrons. The Balaban J connectivity index is 1.62. The third-order valence-electron chi connectivity index (χ3n) is 5.83. The van der Waals surface area contributed by atoms with Gasteiger partial charge in [-0.05, 0) is 48.4 Å². The lowest BCUT2D eigenvalue weighted by molar-refractivity contribution is 0.0997. The van der Waals surface area contributed by atoms with Crippen LogP contribution in [0.5, 0.6) is 5.75 Å². The van der Waals surface area contributed by atoms with Gasteiger partial charge in [0.15, 0.2) is 4.80 Å². The number of hydrogen-bond donors (Lipinski definition) is 0. The normalized spacial score (nSPS) is 12.4. The van der Waals surface area contributed by atoms with Crippen LogP contribution in [0.4, 0.5) is 0 Å². The summed E-state index contributed by atoms with van der Waals surface area (Å²) in [6.45, 7) is 5.21. The first-order valence-electron chi connectivity index (χ1n) is 11.8. The molecular weight excluding hydrogens is 494 g/mol. The predicted molar refractivity (Wildman–Crippen MR) is 143 cm³/mol. The van der Waals surface area contributed by atoms with Crippen LogP contribution in [0, 0.1) is 0 Å². The number of sulfonamides is 1. The van der Waals surface area contributed by atoms with Crippen molar-refractivity contribution >= 4 is 37.5 Å². The molecule has 0 atom stereocenters. The van der Waals surface area contributed by atoms with Crippen LogP contribution in [0.2, 0.25) is 0 Å². The van der Waals surface area contributed by atoms with Crippen LogP contribution in [-0.2, 0) is 23.1 Å². The van der Waals surface area contributed by atoms with E-state index in [4.69, 9.17) is 4.74 Å². The van der Waals surface area contributed by atoms with Crippen LogP contribution in [-0.4, -0.2) is 36.9 Å². The van der Waals surface area contributed by atoms with Crippen LogP contribution < -0.4 is 9.54 Å². The van der Waals surface area contributed by atoms with Crippen molar-refractivity contribution in [2.24, 2.45) is 4.99 Å². The minimum absolute atomic E-state index is 0.145.